The zero-order valence-corrected chi connectivity index (χ0v) is 16.8. The molecule has 1 heterocycles. The van der Waals surface area contributed by atoms with Crippen LogP contribution in [0, 0.1) is 0 Å². The lowest BCUT2D eigenvalue weighted by Gasteiger charge is -2.22. The summed E-state index contributed by atoms with van der Waals surface area (Å²) in [6, 6.07) is 4.93. The van der Waals surface area contributed by atoms with Gasteiger partial charge in [0, 0.05) is 24.2 Å². The molecule has 0 radical (unpaired) electrons. The fraction of sp³-hybridized carbons (Fsp3) is 0.700. The van der Waals surface area contributed by atoms with Gasteiger partial charge < -0.3 is 4.90 Å². The summed E-state index contributed by atoms with van der Waals surface area (Å²) in [7, 11) is 2.24. The molecule has 22 heavy (non-hydrogen) atoms. The lowest BCUT2D eigenvalue weighted by molar-refractivity contribution is 0.749. The molecule has 1 aromatic rings. The third kappa shape index (κ3) is 6.24. The molecule has 0 fully saturated rings. The van der Waals surface area contributed by atoms with Crippen LogP contribution >= 0.6 is 11.8 Å². The van der Waals surface area contributed by atoms with E-state index in [-0.39, 0.29) is 0 Å². The van der Waals surface area contributed by atoms with Crippen molar-refractivity contribution in [1.82, 2.24) is 0 Å². The van der Waals surface area contributed by atoms with E-state index in [2.05, 4.69) is 37.9 Å². The summed E-state index contributed by atoms with van der Waals surface area (Å²) in [4.78, 5) is 3.95. The summed E-state index contributed by atoms with van der Waals surface area (Å²) >= 11 is 2.00. The van der Waals surface area contributed by atoms with Crippen molar-refractivity contribution in [1.29, 1.82) is 0 Å². The first-order valence-corrected chi connectivity index (χ1v) is 10.2. The first-order chi connectivity index (χ1) is 10.8. The topological polar surface area (TPSA) is 3.24 Å². The maximum atomic E-state index is 2.48. The van der Waals surface area contributed by atoms with Crippen molar-refractivity contribution in [2.75, 3.05) is 24.2 Å². The quantitative estimate of drug-likeness (QED) is 0.576. The highest BCUT2D eigenvalue weighted by Gasteiger charge is 2.15. The Morgan fingerprint density at radius 1 is 1.05 bits per heavy atom. The molecule has 1 aliphatic rings. The van der Waals surface area contributed by atoms with Gasteiger partial charge in [0.2, 0.25) is 0 Å². The van der Waals surface area contributed by atoms with Crippen molar-refractivity contribution in [3.63, 3.8) is 0 Å². The van der Waals surface area contributed by atoms with Gasteiger partial charge in [0.05, 0.1) is 0 Å². The largest absolute Gasteiger partial charge is 0.374 e. The fourth-order valence-electron chi connectivity index (χ4n) is 2.76. The Hall–Kier alpha value is -0.630. The number of nitrogens with zero attached hydrogens (tertiary/aromatic N) is 1. The lowest BCUT2D eigenvalue weighted by atomic mass is 10.0. The van der Waals surface area contributed by atoms with Crippen LogP contribution in [0.4, 0.5) is 5.69 Å². The first kappa shape index (κ1) is 21.4. The van der Waals surface area contributed by atoms with Gasteiger partial charge in [-0.05, 0) is 48.6 Å². The Labute approximate surface area is 143 Å². The second kappa shape index (κ2) is 12.9. The van der Waals surface area contributed by atoms with E-state index in [4.69, 9.17) is 0 Å². The molecule has 1 aromatic carbocycles. The fourth-order valence-corrected chi connectivity index (χ4v) is 3.61. The molecule has 0 saturated heterocycles. The van der Waals surface area contributed by atoms with E-state index < -0.39 is 0 Å². The lowest BCUT2D eigenvalue weighted by Crippen LogP contribution is -2.18. The first-order valence-electron chi connectivity index (χ1n) is 9.26. The van der Waals surface area contributed by atoms with Crippen LogP contribution in [0.1, 0.15) is 71.9 Å². The number of aryl methyl sites for hydroxylation is 2. The molecule has 0 spiro atoms. The summed E-state index contributed by atoms with van der Waals surface area (Å²) < 4.78 is 0. The molecule has 0 aromatic heterocycles. The maximum absolute atomic E-state index is 2.48. The monoisotopic (exact) mass is 323 g/mol. The van der Waals surface area contributed by atoms with E-state index in [0.29, 0.717) is 0 Å². The molecule has 0 atom stereocenters. The van der Waals surface area contributed by atoms with E-state index in [1.54, 1.807) is 11.1 Å². The number of benzene rings is 1. The van der Waals surface area contributed by atoms with Crippen molar-refractivity contribution < 1.29 is 0 Å². The van der Waals surface area contributed by atoms with Gasteiger partial charge in [0.15, 0.2) is 0 Å². The predicted molar refractivity (Wildman–Crippen MR) is 106 cm³/mol. The van der Waals surface area contributed by atoms with Crippen LogP contribution < -0.4 is 4.90 Å². The second-order valence-corrected chi connectivity index (χ2v) is 6.46. The number of fused-ring (bicyclic) bond motifs is 1. The van der Waals surface area contributed by atoms with Gasteiger partial charge >= 0.3 is 0 Å². The van der Waals surface area contributed by atoms with Crippen LogP contribution in [0.15, 0.2) is 17.0 Å². The smallest absolute Gasteiger partial charge is 0.0407 e. The third-order valence-corrected chi connectivity index (χ3v) is 4.66. The van der Waals surface area contributed by atoms with Crippen molar-refractivity contribution in [3.8, 4) is 0 Å². The zero-order chi connectivity index (χ0) is 17.0. The molecule has 0 unspecified atom stereocenters. The maximum Gasteiger partial charge on any atom is 0.0407 e. The third-order valence-electron chi connectivity index (χ3n) is 3.68. The standard InChI is InChI=1S/C16H25NS.2C2H6/c1-4-8-14-11-13-9-6-7-10-17(3)15(13)12-16(14)18-5-2;2*1-2/h11-12H,4-10H2,1-3H3;2*1-2H3. The molecule has 1 nitrogen and oxygen atoms in total. The molecule has 0 saturated carbocycles. The predicted octanol–water partition coefficient (Wildman–Crippen LogP) is 6.58. The Morgan fingerprint density at radius 2 is 1.73 bits per heavy atom. The molecular weight excluding hydrogens is 286 g/mol. The van der Waals surface area contributed by atoms with Crippen molar-refractivity contribution in [2.45, 2.75) is 78.5 Å². The molecule has 2 heteroatoms. The molecule has 0 bridgehead atoms. The Morgan fingerprint density at radius 3 is 2.32 bits per heavy atom. The van der Waals surface area contributed by atoms with Gasteiger partial charge in [-0.25, -0.2) is 0 Å². The van der Waals surface area contributed by atoms with Crippen molar-refractivity contribution in [2.24, 2.45) is 0 Å². The van der Waals surface area contributed by atoms with Crippen LogP contribution in [0.3, 0.4) is 0 Å². The highest BCUT2D eigenvalue weighted by molar-refractivity contribution is 7.99. The van der Waals surface area contributed by atoms with E-state index in [1.807, 2.05) is 39.5 Å². The summed E-state index contributed by atoms with van der Waals surface area (Å²) in [5.74, 6) is 1.17. The van der Waals surface area contributed by atoms with Gasteiger partial charge in [0.25, 0.3) is 0 Å². The summed E-state index contributed by atoms with van der Waals surface area (Å²) in [6.45, 7) is 13.7. The molecule has 0 aliphatic carbocycles. The number of hydrogen-bond donors (Lipinski definition) is 0. The molecular formula is C20H37NS. The number of anilines is 1. The van der Waals surface area contributed by atoms with E-state index >= 15 is 0 Å². The Kier molecular flexibility index (Phi) is 12.5. The molecule has 0 N–H and O–H groups in total. The van der Waals surface area contributed by atoms with E-state index in [0.717, 1.165) is 0 Å². The number of thioether (sulfide) groups is 1. The highest BCUT2D eigenvalue weighted by Crippen LogP contribution is 2.34. The van der Waals surface area contributed by atoms with Crippen LogP contribution in [0.5, 0.6) is 0 Å². The SMILES string of the molecule is CC.CC.CCCc1cc2c(cc1SCC)N(C)CCCC2. The normalized spacial score (nSPS) is 13.1. The Bertz CT molecular complexity index is 401. The molecule has 1 aliphatic heterocycles. The number of rotatable bonds is 4. The van der Waals surface area contributed by atoms with Crippen LogP contribution in [0.25, 0.3) is 0 Å². The minimum atomic E-state index is 1.17. The molecule has 2 rings (SSSR count). The van der Waals surface area contributed by atoms with Gasteiger partial charge in [-0.1, -0.05) is 54.0 Å². The van der Waals surface area contributed by atoms with Gasteiger partial charge in [-0.2, -0.15) is 0 Å². The van der Waals surface area contributed by atoms with Gasteiger partial charge in [0.1, 0.15) is 0 Å². The Balaban J connectivity index is 0.00000102. The van der Waals surface area contributed by atoms with E-state index in [1.165, 1.54) is 55.0 Å². The minimum Gasteiger partial charge on any atom is -0.374 e. The minimum absolute atomic E-state index is 1.17. The molecule has 0 amide bonds. The van der Waals surface area contributed by atoms with Crippen molar-refractivity contribution in [3.05, 3.63) is 23.3 Å². The molecule has 128 valence electrons. The van der Waals surface area contributed by atoms with Crippen molar-refractivity contribution >= 4 is 17.4 Å². The summed E-state index contributed by atoms with van der Waals surface area (Å²) in [5.41, 5.74) is 4.61. The average Bonchev–Trinajstić information content (AvgIpc) is 2.74. The van der Waals surface area contributed by atoms with Crippen LogP contribution in [-0.2, 0) is 12.8 Å². The zero-order valence-electron chi connectivity index (χ0n) is 16.0. The van der Waals surface area contributed by atoms with Gasteiger partial charge in [-0.15, -0.1) is 11.8 Å². The van der Waals surface area contributed by atoms with Crippen LogP contribution in [0.2, 0.25) is 0 Å². The number of hydrogen-bond acceptors (Lipinski definition) is 2. The van der Waals surface area contributed by atoms with Gasteiger partial charge in [-0.3, -0.25) is 0 Å². The summed E-state index contributed by atoms with van der Waals surface area (Å²) in [6.07, 6.45) is 6.38. The van der Waals surface area contributed by atoms with Crippen LogP contribution in [-0.4, -0.2) is 19.3 Å². The average molecular weight is 324 g/mol. The summed E-state index contributed by atoms with van der Waals surface area (Å²) in [5, 5.41) is 0. The highest BCUT2D eigenvalue weighted by atomic mass is 32.2. The van der Waals surface area contributed by atoms with E-state index in [9.17, 15) is 0 Å². The second-order valence-electron chi connectivity index (χ2n) is 5.15.